The Hall–Kier alpha value is -2.66. The monoisotopic (exact) mass is 339 g/mol. The number of amides is 1. The fourth-order valence-corrected chi connectivity index (χ4v) is 3.19. The molecule has 1 aliphatic heterocycles. The predicted octanol–water partition coefficient (Wildman–Crippen LogP) is 2.86. The van der Waals surface area contributed by atoms with Crippen LogP contribution >= 0.6 is 0 Å². The van der Waals surface area contributed by atoms with E-state index in [4.69, 9.17) is 4.74 Å². The molecule has 3 rings (SSSR count). The van der Waals surface area contributed by atoms with Crippen molar-refractivity contribution in [2.75, 3.05) is 6.61 Å². The summed E-state index contributed by atoms with van der Waals surface area (Å²) in [5.74, 6) is -1.52. The average Bonchev–Trinajstić information content (AvgIpc) is 2.61. The maximum absolute atomic E-state index is 12.7. The molecule has 0 radical (unpaired) electrons. The Morgan fingerprint density at radius 1 is 1.16 bits per heavy atom. The quantitative estimate of drug-likeness (QED) is 0.898. The minimum absolute atomic E-state index is 0.430. The first-order chi connectivity index (χ1) is 12.0. The van der Waals surface area contributed by atoms with Crippen LogP contribution in [0.25, 0.3) is 0 Å². The Bertz CT molecular complexity index is 815. The SMILES string of the molecule is Cc1cccc(C(NC(=O)C2OCCc3ccccc32)C(=O)O)c1C. The highest BCUT2D eigenvalue weighted by molar-refractivity contribution is 5.88. The molecule has 130 valence electrons. The van der Waals surface area contributed by atoms with Crippen LogP contribution in [-0.4, -0.2) is 23.6 Å². The van der Waals surface area contributed by atoms with Crippen LogP contribution in [0.4, 0.5) is 0 Å². The molecule has 2 aromatic carbocycles. The molecule has 0 saturated carbocycles. The third kappa shape index (κ3) is 3.42. The Morgan fingerprint density at radius 2 is 1.92 bits per heavy atom. The van der Waals surface area contributed by atoms with Crippen molar-refractivity contribution in [3.8, 4) is 0 Å². The Morgan fingerprint density at radius 3 is 2.68 bits per heavy atom. The van der Waals surface area contributed by atoms with Crippen molar-refractivity contribution < 1.29 is 19.4 Å². The molecule has 1 aliphatic rings. The van der Waals surface area contributed by atoms with E-state index < -0.39 is 24.0 Å². The minimum atomic E-state index is -1.11. The van der Waals surface area contributed by atoms with E-state index in [0.29, 0.717) is 12.2 Å². The molecule has 5 heteroatoms. The van der Waals surface area contributed by atoms with Crippen molar-refractivity contribution in [3.63, 3.8) is 0 Å². The predicted molar refractivity (Wildman–Crippen MR) is 93.3 cm³/mol. The van der Waals surface area contributed by atoms with Gasteiger partial charge in [0, 0.05) is 0 Å². The third-order valence-electron chi connectivity index (χ3n) is 4.72. The zero-order valence-electron chi connectivity index (χ0n) is 14.3. The second-order valence-corrected chi connectivity index (χ2v) is 6.27. The number of carboxylic acids is 1. The number of ether oxygens (including phenoxy) is 1. The van der Waals surface area contributed by atoms with Crippen molar-refractivity contribution in [3.05, 3.63) is 70.3 Å². The fourth-order valence-electron chi connectivity index (χ4n) is 3.19. The summed E-state index contributed by atoms with van der Waals surface area (Å²) in [5, 5.41) is 12.3. The summed E-state index contributed by atoms with van der Waals surface area (Å²) in [6.07, 6.45) is -0.0313. The van der Waals surface area contributed by atoms with Crippen molar-refractivity contribution in [2.45, 2.75) is 32.4 Å². The normalized spacial score (nSPS) is 17.4. The number of nitrogens with one attached hydrogen (secondary N) is 1. The topological polar surface area (TPSA) is 75.6 Å². The zero-order valence-corrected chi connectivity index (χ0v) is 14.3. The van der Waals surface area contributed by atoms with Gasteiger partial charge >= 0.3 is 5.97 Å². The highest BCUT2D eigenvalue weighted by Crippen LogP contribution is 2.28. The lowest BCUT2D eigenvalue weighted by Gasteiger charge is -2.27. The summed E-state index contributed by atoms with van der Waals surface area (Å²) in [6, 6.07) is 11.9. The zero-order chi connectivity index (χ0) is 18.0. The highest BCUT2D eigenvalue weighted by Gasteiger charge is 2.31. The molecule has 2 atom stereocenters. The number of carbonyl (C=O) groups excluding carboxylic acids is 1. The van der Waals surface area contributed by atoms with Gasteiger partial charge in [0.05, 0.1) is 6.61 Å². The Kier molecular flexibility index (Phi) is 4.86. The molecular formula is C20H21NO4. The Labute approximate surface area is 146 Å². The number of aryl methyl sites for hydroxylation is 1. The molecule has 1 amide bonds. The molecule has 2 aromatic rings. The van der Waals surface area contributed by atoms with Gasteiger partial charge < -0.3 is 15.2 Å². The number of benzene rings is 2. The van der Waals surface area contributed by atoms with Gasteiger partial charge in [-0.25, -0.2) is 4.79 Å². The first kappa shape index (κ1) is 17.2. The summed E-state index contributed by atoms with van der Waals surface area (Å²) in [5.41, 5.74) is 4.30. The van der Waals surface area contributed by atoms with Crippen LogP contribution in [0.2, 0.25) is 0 Å². The molecule has 1 heterocycles. The molecule has 0 saturated heterocycles. The van der Waals surface area contributed by atoms with E-state index >= 15 is 0 Å². The molecule has 5 nitrogen and oxygen atoms in total. The highest BCUT2D eigenvalue weighted by atomic mass is 16.5. The molecule has 0 aliphatic carbocycles. The van der Waals surface area contributed by atoms with Crippen LogP contribution in [0.15, 0.2) is 42.5 Å². The maximum Gasteiger partial charge on any atom is 0.330 e. The summed E-state index contributed by atoms with van der Waals surface area (Å²) < 4.78 is 5.63. The van der Waals surface area contributed by atoms with E-state index in [1.807, 2.05) is 44.2 Å². The fraction of sp³-hybridized carbons (Fsp3) is 0.300. The van der Waals surface area contributed by atoms with E-state index in [9.17, 15) is 14.7 Å². The number of fused-ring (bicyclic) bond motifs is 1. The van der Waals surface area contributed by atoms with Gasteiger partial charge in [0.15, 0.2) is 12.1 Å². The second kappa shape index (κ2) is 7.07. The van der Waals surface area contributed by atoms with Crippen molar-refractivity contribution >= 4 is 11.9 Å². The minimum Gasteiger partial charge on any atom is -0.479 e. The van der Waals surface area contributed by atoms with E-state index in [1.54, 1.807) is 12.1 Å². The maximum atomic E-state index is 12.7. The molecule has 0 aromatic heterocycles. The van der Waals surface area contributed by atoms with Crippen LogP contribution in [-0.2, 0) is 20.7 Å². The smallest absolute Gasteiger partial charge is 0.330 e. The average molecular weight is 339 g/mol. The molecule has 0 spiro atoms. The number of carbonyl (C=O) groups is 2. The van der Waals surface area contributed by atoms with Gasteiger partial charge in [-0.3, -0.25) is 4.79 Å². The molecule has 0 fully saturated rings. The largest absolute Gasteiger partial charge is 0.479 e. The van der Waals surface area contributed by atoms with Gasteiger partial charge in [0.25, 0.3) is 5.91 Å². The van der Waals surface area contributed by atoms with Gasteiger partial charge in [-0.1, -0.05) is 42.5 Å². The van der Waals surface area contributed by atoms with E-state index in [0.717, 1.165) is 28.7 Å². The number of hydrogen-bond acceptors (Lipinski definition) is 3. The first-order valence-corrected chi connectivity index (χ1v) is 8.27. The van der Waals surface area contributed by atoms with Crippen LogP contribution < -0.4 is 5.32 Å². The van der Waals surface area contributed by atoms with Gasteiger partial charge in [-0.05, 0) is 48.1 Å². The molecule has 0 bridgehead atoms. The van der Waals surface area contributed by atoms with E-state index in [1.165, 1.54) is 0 Å². The van der Waals surface area contributed by atoms with Crippen LogP contribution in [0.3, 0.4) is 0 Å². The number of aliphatic carboxylic acids is 1. The van der Waals surface area contributed by atoms with Crippen LogP contribution in [0, 0.1) is 13.8 Å². The van der Waals surface area contributed by atoms with E-state index in [2.05, 4.69) is 5.32 Å². The number of carboxylic acid groups (broad SMARTS) is 1. The number of hydrogen-bond donors (Lipinski definition) is 2. The summed E-state index contributed by atoms with van der Waals surface area (Å²) in [7, 11) is 0. The standard InChI is InChI=1S/C20H21NO4/c1-12-6-5-9-15(13(12)2)17(20(23)24)21-19(22)18-16-8-4-3-7-14(16)10-11-25-18/h3-9,17-18H,10-11H2,1-2H3,(H,21,22)(H,23,24). The van der Waals surface area contributed by atoms with Crippen molar-refractivity contribution in [2.24, 2.45) is 0 Å². The van der Waals surface area contributed by atoms with E-state index in [-0.39, 0.29) is 0 Å². The second-order valence-electron chi connectivity index (χ2n) is 6.27. The molecule has 2 unspecified atom stereocenters. The lowest BCUT2D eigenvalue weighted by atomic mass is 9.95. The third-order valence-corrected chi connectivity index (χ3v) is 4.72. The first-order valence-electron chi connectivity index (χ1n) is 8.27. The number of rotatable bonds is 4. The summed E-state index contributed by atoms with van der Waals surface area (Å²) in [6.45, 7) is 4.22. The molecular weight excluding hydrogens is 318 g/mol. The van der Waals surface area contributed by atoms with Gasteiger partial charge in [-0.2, -0.15) is 0 Å². The van der Waals surface area contributed by atoms with Crippen LogP contribution in [0.1, 0.15) is 40.0 Å². The van der Waals surface area contributed by atoms with Crippen LogP contribution in [0.5, 0.6) is 0 Å². The van der Waals surface area contributed by atoms with Gasteiger partial charge in [-0.15, -0.1) is 0 Å². The molecule has 25 heavy (non-hydrogen) atoms. The lowest BCUT2D eigenvalue weighted by Crippen LogP contribution is -2.39. The Balaban J connectivity index is 1.88. The van der Waals surface area contributed by atoms with Crippen molar-refractivity contribution in [1.29, 1.82) is 0 Å². The molecule has 2 N–H and O–H groups in total. The van der Waals surface area contributed by atoms with Gasteiger partial charge in [0.2, 0.25) is 0 Å². The summed E-state index contributed by atoms with van der Waals surface area (Å²) in [4.78, 5) is 24.5. The van der Waals surface area contributed by atoms with Crippen molar-refractivity contribution in [1.82, 2.24) is 5.32 Å². The lowest BCUT2D eigenvalue weighted by molar-refractivity contribution is -0.145. The summed E-state index contributed by atoms with van der Waals surface area (Å²) >= 11 is 0. The van der Waals surface area contributed by atoms with Gasteiger partial charge in [0.1, 0.15) is 0 Å².